The fourth-order valence-corrected chi connectivity index (χ4v) is 4.00. The molecule has 1 aliphatic rings. The Kier molecular flexibility index (Phi) is 14.8. The monoisotopic (exact) mass is 551 g/mol. The molecule has 1 aromatic carbocycles. The molecule has 0 bridgehead atoms. The van der Waals surface area contributed by atoms with E-state index in [4.69, 9.17) is 10.8 Å². The van der Waals surface area contributed by atoms with E-state index < -0.39 is 22.8 Å². The van der Waals surface area contributed by atoms with Gasteiger partial charge in [0.1, 0.15) is 22.5 Å². The first-order chi connectivity index (χ1) is 18.0. The summed E-state index contributed by atoms with van der Waals surface area (Å²) in [5, 5.41) is 30.5. The number of rotatable bonds is 6. The second kappa shape index (κ2) is 17.2. The lowest BCUT2D eigenvalue weighted by molar-refractivity contribution is -0.119. The molecule has 1 fully saturated rings. The molecule has 208 valence electrons. The highest BCUT2D eigenvalue weighted by Gasteiger charge is 2.17. The first kappa shape index (κ1) is 32.6. The number of H-pyrrole nitrogens is 1. The largest absolute Gasteiger partial charge is 0.503 e. The molecule has 3 rings (SSSR count). The van der Waals surface area contributed by atoms with Gasteiger partial charge in [0.05, 0.1) is 16.3 Å². The molecular weight excluding hydrogens is 516 g/mol. The molecule has 1 unspecified atom stereocenters. The fraction of sp³-hybridized carbons (Fsp3) is 0.423. The van der Waals surface area contributed by atoms with Crippen molar-refractivity contribution in [1.82, 2.24) is 15.6 Å². The quantitative estimate of drug-likeness (QED) is 0.139. The Morgan fingerprint density at radius 3 is 2.55 bits per heavy atom. The molecule has 0 spiro atoms. The summed E-state index contributed by atoms with van der Waals surface area (Å²) in [4.78, 5) is 35.6. The Morgan fingerprint density at radius 1 is 1.26 bits per heavy atom. The molecule has 0 radical (unpaired) electrons. The molecule has 38 heavy (non-hydrogen) atoms. The lowest BCUT2D eigenvalue weighted by Gasteiger charge is -2.10. The first-order valence-electron chi connectivity index (χ1n) is 12.1. The van der Waals surface area contributed by atoms with Crippen LogP contribution >= 0.6 is 11.8 Å². The van der Waals surface area contributed by atoms with Gasteiger partial charge in [0.25, 0.3) is 0 Å². The van der Waals surface area contributed by atoms with Crippen LogP contribution in [0.5, 0.6) is 5.75 Å². The summed E-state index contributed by atoms with van der Waals surface area (Å²) in [5.74, 6) is -1.68. The number of aromatic hydroxyl groups is 1. The number of nitrogens with one attached hydrogen (secondary N) is 5. The summed E-state index contributed by atoms with van der Waals surface area (Å²) < 4.78 is 26.4. The zero-order valence-corrected chi connectivity index (χ0v) is 22.6. The summed E-state index contributed by atoms with van der Waals surface area (Å²) in [6.07, 6.45) is 6.03. The van der Waals surface area contributed by atoms with Gasteiger partial charge >= 0.3 is 0 Å². The number of pyridine rings is 1. The highest BCUT2D eigenvalue weighted by molar-refractivity contribution is 8.26. The predicted molar refractivity (Wildman–Crippen MR) is 146 cm³/mol. The van der Waals surface area contributed by atoms with Crippen LogP contribution in [0, 0.1) is 29.4 Å². The molecule has 0 saturated heterocycles. The van der Waals surface area contributed by atoms with Gasteiger partial charge in [-0.2, -0.15) is 0 Å². The van der Waals surface area contributed by atoms with E-state index in [0.29, 0.717) is 31.0 Å². The Labute approximate surface area is 224 Å². The number of aryl methyl sites for hydroxylation is 1. The first-order valence-corrected chi connectivity index (χ1v) is 12.9. The van der Waals surface area contributed by atoms with Gasteiger partial charge in [-0.15, -0.1) is 0 Å². The van der Waals surface area contributed by atoms with Crippen LogP contribution in [-0.2, 0) is 16.0 Å². The number of benzene rings is 1. The van der Waals surface area contributed by atoms with Crippen LogP contribution in [0.15, 0.2) is 29.2 Å². The standard InChI is InChI=1S/C15H13F2N3O2S.C8H13NO2.C3H9N/c1-7-13(21)14(22)10(6-20-7)15(19)23-12(18)4-8-2-3-9(16)5-11(8)17;10-6-9-7-3-1-2-4-8(11)5-7;1-3-4-2/h2-3,5-6,18-19,21H,4H2,1H3,(H,20,22);6-7H,1-5H2,(H,9,10);4H,3H2,1-2H3. The minimum Gasteiger partial charge on any atom is -0.503 e. The summed E-state index contributed by atoms with van der Waals surface area (Å²) in [6.45, 7) is 4.65. The number of amides is 1. The highest BCUT2D eigenvalue weighted by atomic mass is 32.2. The van der Waals surface area contributed by atoms with Gasteiger partial charge in [0, 0.05) is 37.6 Å². The molecule has 1 aliphatic carbocycles. The van der Waals surface area contributed by atoms with Gasteiger partial charge in [-0.1, -0.05) is 31.2 Å². The molecule has 1 heterocycles. The Bertz CT molecular complexity index is 1170. The third-order valence-electron chi connectivity index (χ3n) is 5.47. The predicted octanol–water partition coefficient (Wildman–Crippen LogP) is 3.81. The van der Waals surface area contributed by atoms with Crippen molar-refractivity contribution in [3.8, 4) is 5.75 Å². The summed E-state index contributed by atoms with van der Waals surface area (Å²) >= 11 is 0.664. The van der Waals surface area contributed by atoms with E-state index in [0.717, 1.165) is 37.9 Å². The normalized spacial score (nSPS) is 14.7. The maximum Gasteiger partial charge on any atom is 0.233 e. The van der Waals surface area contributed by atoms with Crippen molar-refractivity contribution in [2.45, 2.75) is 58.4 Å². The summed E-state index contributed by atoms with van der Waals surface area (Å²) in [5.41, 5.74) is -0.390. The van der Waals surface area contributed by atoms with E-state index in [9.17, 15) is 28.3 Å². The lowest BCUT2D eigenvalue weighted by atomic mass is 10.1. The molecule has 1 atom stereocenters. The molecule has 1 saturated carbocycles. The third-order valence-corrected chi connectivity index (χ3v) is 6.29. The Morgan fingerprint density at radius 2 is 1.95 bits per heavy atom. The van der Waals surface area contributed by atoms with Gasteiger partial charge in [-0.05, 0) is 45.0 Å². The molecule has 1 aromatic heterocycles. The number of aromatic amines is 1. The second-order valence-electron chi connectivity index (χ2n) is 8.45. The van der Waals surface area contributed by atoms with E-state index in [1.54, 1.807) is 0 Å². The average molecular weight is 552 g/mol. The molecule has 6 N–H and O–H groups in total. The lowest BCUT2D eigenvalue weighted by Crippen LogP contribution is -2.28. The topological polar surface area (TPSA) is 159 Å². The highest BCUT2D eigenvalue weighted by Crippen LogP contribution is 2.18. The van der Waals surface area contributed by atoms with Crippen LogP contribution in [0.4, 0.5) is 8.78 Å². The second-order valence-corrected chi connectivity index (χ2v) is 9.55. The van der Waals surface area contributed by atoms with Crippen LogP contribution in [0.1, 0.15) is 55.8 Å². The van der Waals surface area contributed by atoms with Gasteiger partial charge in [-0.25, -0.2) is 8.78 Å². The number of hydrogen-bond donors (Lipinski definition) is 6. The fourth-order valence-electron chi connectivity index (χ4n) is 3.26. The number of carbonyl (C=O) groups excluding carboxylic acids is 2. The number of hydrogen-bond acceptors (Lipinski definition) is 8. The third kappa shape index (κ3) is 11.3. The van der Waals surface area contributed by atoms with Gasteiger partial charge in [0.2, 0.25) is 11.8 Å². The van der Waals surface area contributed by atoms with Gasteiger partial charge < -0.3 is 20.7 Å². The van der Waals surface area contributed by atoms with Crippen LogP contribution in [-0.4, -0.2) is 52.0 Å². The number of Topliss-reactive ketones (excluding diaryl/α,β-unsaturated/α-hetero) is 1. The van der Waals surface area contributed by atoms with E-state index in [2.05, 4.69) is 22.5 Å². The minimum atomic E-state index is -0.771. The van der Waals surface area contributed by atoms with Gasteiger partial charge in [-0.3, -0.25) is 25.2 Å². The average Bonchev–Trinajstić information content (AvgIpc) is 3.08. The van der Waals surface area contributed by atoms with Crippen molar-refractivity contribution in [2.24, 2.45) is 0 Å². The molecule has 2 aromatic rings. The van der Waals surface area contributed by atoms with Crippen LogP contribution in [0.2, 0.25) is 0 Å². The zero-order valence-electron chi connectivity index (χ0n) is 21.7. The maximum absolute atomic E-state index is 13.5. The zero-order chi connectivity index (χ0) is 28.7. The van der Waals surface area contributed by atoms with Crippen molar-refractivity contribution in [3.63, 3.8) is 0 Å². The number of halogens is 2. The van der Waals surface area contributed by atoms with Crippen molar-refractivity contribution in [2.75, 3.05) is 13.6 Å². The molecule has 9 nitrogen and oxygen atoms in total. The molecular formula is C26H35F2N5O4S. The number of thioether (sulfide) groups is 1. The number of ketones is 1. The smallest absolute Gasteiger partial charge is 0.233 e. The Hall–Kier alpha value is -3.38. The number of aromatic nitrogens is 1. The van der Waals surface area contributed by atoms with Crippen molar-refractivity contribution in [1.29, 1.82) is 10.8 Å². The van der Waals surface area contributed by atoms with Crippen LogP contribution in [0.3, 0.4) is 0 Å². The van der Waals surface area contributed by atoms with Crippen molar-refractivity contribution in [3.05, 3.63) is 63.1 Å². The molecule has 1 amide bonds. The van der Waals surface area contributed by atoms with Crippen LogP contribution < -0.4 is 16.1 Å². The maximum atomic E-state index is 13.5. The SMILES string of the molecule is CCNC.Cc1[nH]cc(C(=N)SC(=N)Cc2ccc(F)cc2F)c(=O)c1O.O=CNC1CCCCC(=O)C1. The van der Waals surface area contributed by atoms with Gasteiger partial charge in [0.15, 0.2) is 5.75 Å². The Balaban J connectivity index is 0.000000398. The molecule has 0 aliphatic heterocycles. The van der Waals surface area contributed by atoms with Crippen molar-refractivity contribution < 1.29 is 23.5 Å². The van der Waals surface area contributed by atoms with E-state index in [1.165, 1.54) is 19.2 Å². The summed E-state index contributed by atoms with van der Waals surface area (Å²) in [6, 6.07) is 3.14. The van der Waals surface area contributed by atoms with E-state index in [1.807, 2.05) is 7.05 Å². The minimum absolute atomic E-state index is 0.0811. The number of carbonyl (C=O) groups is 2. The molecule has 12 heteroatoms. The van der Waals surface area contributed by atoms with E-state index in [-0.39, 0.29) is 45.2 Å². The summed E-state index contributed by atoms with van der Waals surface area (Å²) in [7, 11) is 1.93. The van der Waals surface area contributed by atoms with E-state index >= 15 is 0 Å². The van der Waals surface area contributed by atoms with Crippen molar-refractivity contribution >= 4 is 34.0 Å². The van der Waals surface area contributed by atoms with Crippen LogP contribution in [0.25, 0.3) is 0 Å².